The molecule has 3 unspecified atom stereocenters. The van der Waals surface area contributed by atoms with Crippen LogP contribution in [0.1, 0.15) is 26.2 Å². The Balaban J connectivity index is 2.53. The molecule has 0 aromatic heterocycles. The van der Waals surface area contributed by atoms with Gasteiger partial charge < -0.3 is 5.11 Å². The summed E-state index contributed by atoms with van der Waals surface area (Å²) in [6.45, 7) is 1.96. The van der Waals surface area contributed by atoms with Crippen molar-refractivity contribution in [3.8, 4) is 6.07 Å². The highest BCUT2D eigenvalue weighted by Gasteiger charge is 2.27. The van der Waals surface area contributed by atoms with E-state index in [-0.39, 0.29) is 17.9 Å². The Morgan fingerprint density at radius 1 is 1.50 bits per heavy atom. The molecule has 1 aliphatic carbocycles. The van der Waals surface area contributed by atoms with Gasteiger partial charge >= 0.3 is 0 Å². The van der Waals surface area contributed by atoms with Crippen LogP contribution >= 0.6 is 0 Å². The van der Waals surface area contributed by atoms with Crippen LogP contribution in [0.3, 0.4) is 0 Å². The summed E-state index contributed by atoms with van der Waals surface area (Å²) in [7, 11) is 0. The van der Waals surface area contributed by atoms with E-state index >= 15 is 0 Å². The zero-order valence-corrected chi connectivity index (χ0v) is 6.25. The summed E-state index contributed by atoms with van der Waals surface area (Å²) >= 11 is 0. The van der Waals surface area contributed by atoms with E-state index in [2.05, 4.69) is 6.07 Å². The van der Waals surface area contributed by atoms with Crippen molar-refractivity contribution in [1.29, 1.82) is 5.26 Å². The average molecular weight is 139 g/mol. The Morgan fingerprint density at radius 2 is 2.20 bits per heavy atom. The molecular weight excluding hydrogens is 126 g/mol. The first kappa shape index (κ1) is 7.56. The van der Waals surface area contributed by atoms with Crippen molar-refractivity contribution in [1.82, 2.24) is 0 Å². The molecule has 2 nitrogen and oxygen atoms in total. The Hall–Kier alpha value is -0.550. The first-order valence-electron chi connectivity index (χ1n) is 3.83. The van der Waals surface area contributed by atoms with Crippen LogP contribution in [0.2, 0.25) is 0 Å². The van der Waals surface area contributed by atoms with Crippen LogP contribution in [0.15, 0.2) is 0 Å². The Bertz CT molecular complexity index is 150. The lowest BCUT2D eigenvalue weighted by atomic mass is 9.79. The molecule has 0 heterocycles. The molecule has 1 aliphatic rings. The SMILES string of the molecule is CC1C(O)CCCC1C#N. The van der Waals surface area contributed by atoms with Gasteiger partial charge in [-0.25, -0.2) is 0 Å². The molecule has 1 N–H and O–H groups in total. The van der Waals surface area contributed by atoms with Crippen molar-refractivity contribution in [2.45, 2.75) is 32.3 Å². The van der Waals surface area contributed by atoms with E-state index in [4.69, 9.17) is 5.26 Å². The predicted octanol–water partition coefficient (Wildman–Crippen LogP) is 1.31. The van der Waals surface area contributed by atoms with E-state index in [1.807, 2.05) is 6.92 Å². The second-order valence-corrected chi connectivity index (χ2v) is 3.09. The highest BCUT2D eigenvalue weighted by atomic mass is 16.3. The average Bonchev–Trinajstić information content (AvgIpc) is 1.95. The van der Waals surface area contributed by atoms with Crippen LogP contribution in [0.4, 0.5) is 0 Å². The van der Waals surface area contributed by atoms with Gasteiger partial charge in [-0.1, -0.05) is 6.92 Å². The molecular formula is C8H13NO. The van der Waals surface area contributed by atoms with E-state index in [9.17, 15) is 5.11 Å². The summed E-state index contributed by atoms with van der Waals surface area (Å²) in [5.74, 6) is 0.266. The summed E-state index contributed by atoms with van der Waals surface area (Å²) in [5.41, 5.74) is 0. The Labute approximate surface area is 61.5 Å². The number of rotatable bonds is 0. The van der Waals surface area contributed by atoms with Gasteiger partial charge in [0.05, 0.1) is 18.1 Å². The van der Waals surface area contributed by atoms with E-state index in [1.54, 1.807) is 0 Å². The summed E-state index contributed by atoms with van der Waals surface area (Å²) in [5, 5.41) is 17.9. The van der Waals surface area contributed by atoms with Crippen LogP contribution in [0, 0.1) is 23.2 Å². The summed E-state index contributed by atoms with van der Waals surface area (Å²) < 4.78 is 0. The first-order valence-corrected chi connectivity index (χ1v) is 3.83. The fraction of sp³-hybridized carbons (Fsp3) is 0.875. The maximum Gasteiger partial charge on any atom is 0.0659 e. The van der Waals surface area contributed by atoms with Gasteiger partial charge in [-0.3, -0.25) is 0 Å². The lowest BCUT2D eigenvalue weighted by Gasteiger charge is -2.28. The van der Waals surface area contributed by atoms with Gasteiger partial charge in [0.1, 0.15) is 0 Å². The van der Waals surface area contributed by atoms with E-state index in [0.29, 0.717) is 0 Å². The number of nitriles is 1. The van der Waals surface area contributed by atoms with Gasteiger partial charge in [0.15, 0.2) is 0 Å². The second-order valence-electron chi connectivity index (χ2n) is 3.09. The van der Waals surface area contributed by atoms with Crippen LogP contribution < -0.4 is 0 Å². The molecule has 0 saturated heterocycles. The molecule has 0 aromatic rings. The van der Waals surface area contributed by atoms with Gasteiger partial charge in [0, 0.05) is 0 Å². The first-order chi connectivity index (χ1) is 4.75. The minimum atomic E-state index is -0.238. The quantitative estimate of drug-likeness (QED) is 0.550. The van der Waals surface area contributed by atoms with Crippen LogP contribution in [-0.4, -0.2) is 11.2 Å². The summed E-state index contributed by atoms with van der Waals surface area (Å²) in [6.07, 6.45) is 2.61. The molecule has 2 heteroatoms. The zero-order valence-electron chi connectivity index (χ0n) is 6.25. The van der Waals surface area contributed by atoms with Gasteiger partial charge in [0.25, 0.3) is 0 Å². The zero-order chi connectivity index (χ0) is 7.56. The van der Waals surface area contributed by atoms with Crippen molar-refractivity contribution in [2.24, 2.45) is 11.8 Å². The number of nitrogens with zero attached hydrogens (tertiary/aromatic N) is 1. The lowest BCUT2D eigenvalue weighted by molar-refractivity contribution is 0.0591. The van der Waals surface area contributed by atoms with Crippen molar-refractivity contribution < 1.29 is 5.11 Å². The monoisotopic (exact) mass is 139 g/mol. The molecule has 1 saturated carbocycles. The third-order valence-corrected chi connectivity index (χ3v) is 2.42. The van der Waals surface area contributed by atoms with Gasteiger partial charge in [-0.15, -0.1) is 0 Å². The van der Waals surface area contributed by atoms with Crippen molar-refractivity contribution in [3.63, 3.8) is 0 Å². The number of hydrogen-bond acceptors (Lipinski definition) is 2. The molecule has 0 radical (unpaired) electrons. The predicted molar refractivity (Wildman–Crippen MR) is 38.1 cm³/mol. The van der Waals surface area contributed by atoms with Crippen LogP contribution in [0.5, 0.6) is 0 Å². The minimum Gasteiger partial charge on any atom is -0.393 e. The topological polar surface area (TPSA) is 44.0 Å². The molecule has 0 aliphatic heterocycles. The van der Waals surface area contributed by atoms with Crippen molar-refractivity contribution >= 4 is 0 Å². The van der Waals surface area contributed by atoms with Gasteiger partial charge in [0.2, 0.25) is 0 Å². The normalized spacial score (nSPS) is 40.7. The number of aliphatic hydroxyl groups is 1. The minimum absolute atomic E-state index is 0.0868. The molecule has 0 bridgehead atoms. The maximum absolute atomic E-state index is 9.33. The number of hydrogen-bond donors (Lipinski definition) is 1. The molecule has 1 fully saturated rings. The standard InChI is InChI=1S/C8H13NO/c1-6-7(5-9)3-2-4-8(6)10/h6-8,10H,2-4H2,1H3. The van der Waals surface area contributed by atoms with Gasteiger partial charge in [-0.2, -0.15) is 5.26 Å². The molecule has 0 aromatic carbocycles. The maximum atomic E-state index is 9.33. The van der Waals surface area contributed by atoms with E-state index < -0.39 is 0 Å². The molecule has 56 valence electrons. The molecule has 0 amide bonds. The molecule has 0 spiro atoms. The fourth-order valence-electron chi connectivity index (χ4n) is 1.52. The third-order valence-electron chi connectivity index (χ3n) is 2.42. The Morgan fingerprint density at radius 3 is 2.70 bits per heavy atom. The van der Waals surface area contributed by atoms with E-state index in [0.717, 1.165) is 19.3 Å². The molecule has 3 atom stereocenters. The highest BCUT2D eigenvalue weighted by Crippen LogP contribution is 2.28. The lowest BCUT2D eigenvalue weighted by Crippen LogP contribution is -2.28. The molecule has 1 rings (SSSR count). The highest BCUT2D eigenvalue weighted by molar-refractivity contribution is 4.92. The summed E-state index contributed by atoms with van der Waals surface area (Å²) in [4.78, 5) is 0. The number of aliphatic hydroxyl groups excluding tert-OH is 1. The van der Waals surface area contributed by atoms with E-state index in [1.165, 1.54) is 0 Å². The second kappa shape index (κ2) is 3.03. The van der Waals surface area contributed by atoms with Gasteiger partial charge in [-0.05, 0) is 25.2 Å². The Kier molecular flexibility index (Phi) is 2.29. The smallest absolute Gasteiger partial charge is 0.0659 e. The van der Waals surface area contributed by atoms with Crippen LogP contribution in [0.25, 0.3) is 0 Å². The largest absolute Gasteiger partial charge is 0.393 e. The van der Waals surface area contributed by atoms with Crippen molar-refractivity contribution in [2.75, 3.05) is 0 Å². The van der Waals surface area contributed by atoms with Crippen molar-refractivity contribution in [3.05, 3.63) is 0 Å². The molecule has 10 heavy (non-hydrogen) atoms. The van der Waals surface area contributed by atoms with Crippen LogP contribution in [-0.2, 0) is 0 Å². The summed E-state index contributed by atoms with van der Waals surface area (Å²) in [6, 6.07) is 2.22. The third kappa shape index (κ3) is 1.30. The fourth-order valence-corrected chi connectivity index (χ4v) is 1.52.